The van der Waals surface area contributed by atoms with Crippen LogP contribution in [0.25, 0.3) is 72.7 Å². The molecule has 0 radical (unpaired) electrons. The monoisotopic (exact) mass is 832 g/mol. The first-order chi connectivity index (χ1) is 35.8. The van der Waals surface area contributed by atoms with Crippen LogP contribution in [0.5, 0.6) is 5.75 Å². The number of hydrogen-bond donors (Lipinski definition) is 1. The molecule has 0 saturated carbocycles. The van der Waals surface area contributed by atoms with Crippen molar-refractivity contribution >= 4 is 11.0 Å². The molecule has 0 atom stereocenters. The van der Waals surface area contributed by atoms with E-state index < -0.39 is 90.5 Å². The summed E-state index contributed by atoms with van der Waals surface area (Å²) in [6.45, 7) is 7.16. The van der Waals surface area contributed by atoms with Crippen LogP contribution in [-0.4, -0.2) is 19.6 Å². The molecule has 8 aromatic rings. The number of para-hydroxylation sites is 2. The molecule has 0 aliphatic heterocycles. The van der Waals surface area contributed by atoms with Crippen LogP contribution < -0.4 is 0 Å². The smallest absolute Gasteiger partial charge is 0.149 e. The number of benzene rings is 6. The van der Waals surface area contributed by atoms with Gasteiger partial charge < -0.3 is 5.11 Å². The Morgan fingerprint density at radius 1 is 0.516 bits per heavy atom. The van der Waals surface area contributed by atoms with Gasteiger partial charge in [-0.25, -0.2) is 4.98 Å². The molecule has 0 aliphatic carbocycles. The lowest BCUT2D eigenvalue weighted by Gasteiger charge is -2.24. The zero-order valence-electron chi connectivity index (χ0n) is 52.6. The maximum Gasteiger partial charge on any atom is 0.149 e. The molecule has 0 bridgehead atoms. The van der Waals surface area contributed by atoms with Gasteiger partial charge in [0, 0.05) is 35.2 Å². The van der Waals surface area contributed by atoms with Crippen LogP contribution >= 0.6 is 0 Å². The van der Waals surface area contributed by atoms with Crippen LogP contribution in [0.15, 0.2) is 146 Å². The van der Waals surface area contributed by atoms with Crippen LogP contribution in [-0.2, 0) is 21.7 Å². The summed E-state index contributed by atoms with van der Waals surface area (Å²) in [5, 5.41) is 11.5. The predicted molar refractivity (Wildman–Crippen MR) is 263 cm³/mol. The Labute approximate surface area is 391 Å². The predicted octanol–water partition coefficient (Wildman–Crippen LogP) is 15.7. The van der Waals surface area contributed by atoms with Crippen molar-refractivity contribution in [3.8, 4) is 67.5 Å². The molecule has 1 N–H and O–H groups in total. The highest BCUT2D eigenvalue weighted by Crippen LogP contribution is 2.43. The number of aromatic hydroxyl groups is 1. The SMILES string of the molecule is [2H]c1nc(-c2cc(-c3cccc4c3nc(-c3ccccc3O)n4-c3ccc(C(C)(C)C)cc3-c3ccc(C(C)(C)C)cc3)cc(C(C)(C)C)c2)c([2H])c(-c2c([2H])c([2H])c(C(C([2H])([2H])[2H])(C([2H])([2H])[2H])C([2H])([2H])[2H])c([2H])c2[2H])c1[2H]. The van der Waals surface area contributed by atoms with Gasteiger partial charge in [-0.3, -0.25) is 9.55 Å². The Kier molecular flexibility index (Phi) is 6.77. The molecule has 2 aromatic heterocycles. The maximum atomic E-state index is 11.5. The normalized spacial score (nSPS) is 16.9. The molecule has 8 rings (SSSR count). The van der Waals surface area contributed by atoms with E-state index >= 15 is 0 Å². The summed E-state index contributed by atoms with van der Waals surface area (Å²) in [5.74, 6) is 0.453. The molecule has 62 heavy (non-hydrogen) atoms. The molecule has 2 heterocycles. The molecule has 0 spiro atoms. The van der Waals surface area contributed by atoms with Crippen LogP contribution in [0.3, 0.4) is 0 Å². The van der Waals surface area contributed by atoms with Gasteiger partial charge in [0.2, 0.25) is 0 Å². The maximum absolute atomic E-state index is 11.5. The topological polar surface area (TPSA) is 50.9 Å². The fourth-order valence-corrected chi connectivity index (χ4v) is 7.55. The van der Waals surface area contributed by atoms with Crippen LogP contribution in [0.2, 0.25) is 0 Å². The summed E-state index contributed by atoms with van der Waals surface area (Å²) in [6.07, 6.45) is -0.726. The van der Waals surface area contributed by atoms with E-state index in [1.165, 1.54) is 5.56 Å². The Balaban J connectivity index is 1.41. The van der Waals surface area contributed by atoms with Crippen LogP contribution in [0.1, 0.15) is 127 Å². The van der Waals surface area contributed by atoms with Gasteiger partial charge >= 0.3 is 0 Å². The van der Waals surface area contributed by atoms with Crippen molar-refractivity contribution in [3.05, 3.63) is 168 Å². The minimum atomic E-state index is -3.92. The first kappa shape index (κ1) is 26.9. The van der Waals surface area contributed by atoms with Crippen molar-refractivity contribution in [1.82, 2.24) is 14.5 Å². The fourth-order valence-electron chi connectivity index (χ4n) is 7.55. The van der Waals surface area contributed by atoms with E-state index in [0.29, 0.717) is 33.5 Å². The number of nitrogens with zero attached hydrogens (tertiary/aromatic N) is 3. The molecule has 0 saturated heterocycles. The summed E-state index contributed by atoms with van der Waals surface area (Å²) < 4.78 is 140. The van der Waals surface area contributed by atoms with E-state index in [4.69, 9.17) is 25.5 Å². The number of phenolic OH excluding ortho intramolecular Hbond substituents is 1. The van der Waals surface area contributed by atoms with Gasteiger partial charge in [0.1, 0.15) is 11.6 Å². The standard InChI is InChI=1S/C58H61N3O/c1-55(2,3)42-24-20-37(21-25-42)39-30-31-59-49(35-39)41-32-40(33-45(34-41)58(10,11)12)46-17-15-18-51-53(46)60-54(47-16-13-14-19-52(47)62)61(51)50-29-28-44(57(7,8)9)36-48(50)38-22-26-43(27-23-38)56(4,5)6/h13-36,62H,1-12H3/i1D3,2D3,3D3,20D,21D,24D,25D,30D,31D,35D. The van der Waals surface area contributed by atoms with E-state index in [2.05, 4.69) is 89.0 Å². The number of hydrogen-bond acceptors (Lipinski definition) is 3. The first-order valence-corrected chi connectivity index (χ1v) is 20.7. The second-order valence-corrected chi connectivity index (χ2v) is 19.0. The molecule has 0 aliphatic rings. The highest BCUT2D eigenvalue weighted by Gasteiger charge is 2.25. The summed E-state index contributed by atoms with van der Waals surface area (Å²) in [6, 6.07) is 26.8. The Morgan fingerprint density at radius 2 is 1.16 bits per heavy atom. The van der Waals surface area contributed by atoms with E-state index in [1.54, 1.807) is 30.3 Å². The van der Waals surface area contributed by atoms with E-state index in [-0.39, 0.29) is 27.8 Å². The van der Waals surface area contributed by atoms with E-state index in [9.17, 15) is 6.48 Å². The van der Waals surface area contributed by atoms with Gasteiger partial charge in [-0.1, -0.05) is 168 Å². The minimum absolute atomic E-state index is 0.00597. The molecule has 4 heteroatoms. The lowest BCUT2D eigenvalue weighted by molar-refractivity contribution is 0.477. The van der Waals surface area contributed by atoms with Gasteiger partial charge in [0.05, 0.1) is 37.6 Å². The van der Waals surface area contributed by atoms with Crippen molar-refractivity contribution in [2.75, 3.05) is 0 Å². The number of rotatable bonds is 6. The lowest BCUT2D eigenvalue weighted by Crippen LogP contribution is -2.12. The van der Waals surface area contributed by atoms with Crippen LogP contribution in [0, 0.1) is 0 Å². The highest BCUT2D eigenvalue weighted by molar-refractivity contribution is 5.97. The number of phenols is 1. The zero-order chi connectivity index (χ0) is 57.9. The molecule has 314 valence electrons. The van der Waals surface area contributed by atoms with E-state index in [1.807, 2.05) is 55.7 Å². The van der Waals surface area contributed by atoms with Gasteiger partial charge in [-0.2, -0.15) is 0 Å². The zero-order valence-corrected chi connectivity index (χ0v) is 36.6. The lowest BCUT2D eigenvalue weighted by atomic mass is 9.83. The van der Waals surface area contributed by atoms with Gasteiger partial charge in [-0.05, 0) is 121 Å². The molecule has 6 aromatic carbocycles. The van der Waals surface area contributed by atoms with Crippen molar-refractivity contribution < 1.29 is 27.0 Å². The number of imidazole rings is 1. The fraction of sp³-hybridized carbons (Fsp3) is 0.276. The molecule has 4 nitrogen and oxygen atoms in total. The number of pyridine rings is 1. The summed E-state index contributed by atoms with van der Waals surface area (Å²) in [4.78, 5) is 9.76. The summed E-state index contributed by atoms with van der Waals surface area (Å²) >= 11 is 0. The quantitative estimate of drug-likeness (QED) is 0.182. The third-order valence-electron chi connectivity index (χ3n) is 11.2. The first-order valence-electron chi connectivity index (χ1n) is 28.7. The molecule has 0 fully saturated rings. The average Bonchev–Trinajstić information content (AvgIpc) is 3.84. The summed E-state index contributed by atoms with van der Waals surface area (Å²) in [5.41, 5.74) is 1.16. The second-order valence-electron chi connectivity index (χ2n) is 19.0. The van der Waals surface area contributed by atoms with Gasteiger partial charge in [-0.15, -0.1) is 0 Å². The van der Waals surface area contributed by atoms with Crippen molar-refractivity contribution in [2.45, 2.75) is 105 Å². The van der Waals surface area contributed by atoms with Crippen molar-refractivity contribution in [1.29, 1.82) is 0 Å². The highest BCUT2D eigenvalue weighted by atomic mass is 16.3. The Morgan fingerprint density at radius 3 is 1.82 bits per heavy atom. The third kappa shape index (κ3) is 8.36. The van der Waals surface area contributed by atoms with Gasteiger partial charge in [0.15, 0.2) is 0 Å². The second kappa shape index (κ2) is 15.6. The number of aromatic nitrogens is 3. The third-order valence-corrected chi connectivity index (χ3v) is 11.2. The molecular formula is C58H61N3O. The van der Waals surface area contributed by atoms with E-state index in [0.717, 1.165) is 27.9 Å². The number of fused-ring (bicyclic) bond motifs is 1. The van der Waals surface area contributed by atoms with Gasteiger partial charge in [0.25, 0.3) is 0 Å². The van der Waals surface area contributed by atoms with Crippen molar-refractivity contribution in [2.24, 2.45) is 0 Å². The largest absolute Gasteiger partial charge is 0.507 e. The molecule has 0 amide bonds. The Bertz CT molecular complexity index is 3620. The molecular weight excluding hydrogens is 755 g/mol. The minimum Gasteiger partial charge on any atom is -0.507 e. The Hall–Kier alpha value is -6.26. The molecule has 0 unspecified atom stereocenters. The average molecular weight is 832 g/mol. The van der Waals surface area contributed by atoms with Crippen molar-refractivity contribution in [3.63, 3.8) is 0 Å². The van der Waals surface area contributed by atoms with Crippen LogP contribution in [0.4, 0.5) is 0 Å². The summed E-state index contributed by atoms with van der Waals surface area (Å²) in [7, 11) is 0.